The van der Waals surface area contributed by atoms with Crippen LogP contribution in [-0.4, -0.2) is 19.6 Å². The molecule has 3 aromatic rings. The Morgan fingerprint density at radius 1 is 1.27 bits per heavy atom. The van der Waals surface area contributed by atoms with E-state index in [1.54, 1.807) is 18.5 Å². The second-order valence-corrected chi connectivity index (χ2v) is 5.47. The molecular formula is C17H17N3O2. The zero-order valence-electron chi connectivity index (χ0n) is 12.5. The van der Waals surface area contributed by atoms with Crippen LogP contribution in [0.1, 0.15) is 22.8 Å². The molecule has 0 radical (unpaired) electrons. The highest BCUT2D eigenvalue weighted by Gasteiger charge is 2.13. The first-order valence-electron chi connectivity index (χ1n) is 7.10. The van der Waals surface area contributed by atoms with Gasteiger partial charge in [-0.25, -0.2) is 4.98 Å². The van der Waals surface area contributed by atoms with E-state index in [9.17, 15) is 9.90 Å². The van der Waals surface area contributed by atoms with E-state index in [0.717, 1.165) is 16.7 Å². The first-order chi connectivity index (χ1) is 10.6. The molecule has 0 bridgehead atoms. The van der Waals surface area contributed by atoms with Gasteiger partial charge < -0.3 is 5.11 Å². The summed E-state index contributed by atoms with van der Waals surface area (Å²) in [6.07, 6.45) is 3.83. The maximum absolute atomic E-state index is 12.4. The first kappa shape index (κ1) is 14.4. The van der Waals surface area contributed by atoms with Gasteiger partial charge in [-0.15, -0.1) is 0 Å². The van der Waals surface area contributed by atoms with E-state index in [4.69, 9.17) is 0 Å². The van der Waals surface area contributed by atoms with E-state index in [1.807, 2.05) is 32.0 Å². The Kier molecular flexibility index (Phi) is 3.73. The Balaban J connectivity index is 1.96. The van der Waals surface area contributed by atoms with Gasteiger partial charge in [0.15, 0.2) is 0 Å². The molecule has 0 aliphatic rings. The number of rotatable bonds is 3. The van der Waals surface area contributed by atoms with Gasteiger partial charge >= 0.3 is 0 Å². The number of aromatic nitrogens is 3. The van der Waals surface area contributed by atoms with Crippen LogP contribution in [0.2, 0.25) is 0 Å². The van der Waals surface area contributed by atoms with E-state index in [-0.39, 0.29) is 12.1 Å². The van der Waals surface area contributed by atoms with Crippen molar-refractivity contribution in [1.82, 2.24) is 14.5 Å². The molecule has 1 atom stereocenters. The molecule has 1 N–H and O–H groups in total. The summed E-state index contributed by atoms with van der Waals surface area (Å²) < 4.78 is 1.44. The molecule has 2 heterocycles. The van der Waals surface area contributed by atoms with E-state index < -0.39 is 6.10 Å². The van der Waals surface area contributed by atoms with Crippen LogP contribution in [-0.2, 0) is 6.54 Å². The molecule has 1 unspecified atom stereocenters. The molecule has 22 heavy (non-hydrogen) atoms. The summed E-state index contributed by atoms with van der Waals surface area (Å²) in [6.45, 7) is 4.14. The molecule has 3 rings (SSSR count). The van der Waals surface area contributed by atoms with Gasteiger partial charge in [-0.3, -0.25) is 14.3 Å². The smallest absolute Gasteiger partial charge is 0.261 e. The van der Waals surface area contributed by atoms with Gasteiger partial charge in [-0.05, 0) is 31.0 Å². The number of aryl methyl sites for hydroxylation is 2. The summed E-state index contributed by atoms with van der Waals surface area (Å²) in [7, 11) is 0. The third-order valence-corrected chi connectivity index (χ3v) is 3.78. The van der Waals surface area contributed by atoms with Crippen LogP contribution in [0.4, 0.5) is 0 Å². The number of aliphatic hydroxyl groups excluding tert-OH is 1. The third kappa shape index (κ3) is 2.63. The van der Waals surface area contributed by atoms with Crippen molar-refractivity contribution in [3.63, 3.8) is 0 Å². The highest BCUT2D eigenvalue weighted by atomic mass is 16.3. The minimum atomic E-state index is -0.751. The number of pyridine rings is 1. The Labute approximate surface area is 127 Å². The predicted octanol–water partition coefficient (Wildman–Crippen LogP) is 2.14. The average Bonchev–Trinajstić information content (AvgIpc) is 2.50. The molecule has 5 heteroatoms. The maximum Gasteiger partial charge on any atom is 0.261 e. The predicted molar refractivity (Wildman–Crippen MR) is 84.7 cm³/mol. The topological polar surface area (TPSA) is 68.0 Å². The largest absolute Gasteiger partial charge is 0.387 e. The Bertz CT molecular complexity index is 886. The van der Waals surface area contributed by atoms with Crippen molar-refractivity contribution in [2.45, 2.75) is 26.5 Å². The fraction of sp³-hybridized carbons (Fsp3) is 0.235. The third-order valence-electron chi connectivity index (χ3n) is 3.78. The summed E-state index contributed by atoms with van der Waals surface area (Å²) in [5.41, 5.74) is 3.37. The van der Waals surface area contributed by atoms with Gasteiger partial charge in [-0.2, -0.15) is 0 Å². The van der Waals surface area contributed by atoms with Crippen molar-refractivity contribution in [3.8, 4) is 0 Å². The Morgan fingerprint density at radius 3 is 2.86 bits per heavy atom. The summed E-state index contributed by atoms with van der Waals surface area (Å²) >= 11 is 0. The number of aliphatic hydroxyl groups is 1. The highest BCUT2D eigenvalue weighted by Crippen LogP contribution is 2.20. The van der Waals surface area contributed by atoms with Gasteiger partial charge in [0.25, 0.3) is 5.56 Å². The van der Waals surface area contributed by atoms with Gasteiger partial charge in [-0.1, -0.05) is 23.8 Å². The van der Waals surface area contributed by atoms with Gasteiger partial charge in [0.2, 0.25) is 0 Å². The lowest BCUT2D eigenvalue weighted by molar-refractivity contribution is 0.154. The number of fused-ring (bicyclic) bond motifs is 1. The number of benzene rings is 1. The van der Waals surface area contributed by atoms with Crippen LogP contribution in [0.3, 0.4) is 0 Å². The van der Waals surface area contributed by atoms with E-state index >= 15 is 0 Å². The highest BCUT2D eigenvalue weighted by molar-refractivity contribution is 5.75. The zero-order chi connectivity index (χ0) is 15.7. The second kappa shape index (κ2) is 5.69. The van der Waals surface area contributed by atoms with Gasteiger partial charge in [0, 0.05) is 6.20 Å². The number of hydrogen-bond donors (Lipinski definition) is 1. The van der Waals surface area contributed by atoms with Crippen molar-refractivity contribution in [3.05, 3.63) is 70.0 Å². The second-order valence-electron chi connectivity index (χ2n) is 5.47. The molecule has 0 saturated carbocycles. The summed E-state index contributed by atoms with van der Waals surface area (Å²) in [5, 5.41) is 10.9. The fourth-order valence-corrected chi connectivity index (χ4v) is 2.62. The van der Waals surface area contributed by atoms with E-state index in [2.05, 4.69) is 9.97 Å². The summed E-state index contributed by atoms with van der Waals surface area (Å²) in [5.74, 6) is 0. The molecule has 5 nitrogen and oxygen atoms in total. The minimum Gasteiger partial charge on any atom is -0.387 e. The molecular weight excluding hydrogens is 278 g/mol. The molecule has 2 aromatic heterocycles. The summed E-state index contributed by atoms with van der Waals surface area (Å²) in [6, 6.07) is 7.52. The van der Waals surface area contributed by atoms with Crippen molar-refractivity contribution < 1.29 is 5.11 Å². The molecule has 0 fully saturated rings. The lowest BCUT2D eigenvalue weighted by Crippen LogP contribution is -2.24. The van der Waals surface area contributed by atoms with Crippen molar-refractivity contribution in [2.75, 3.05) is 0 Å². The van der Waals surface area contributed by atoms with Crippen LogP contribution in [0.5, 0.6) is 0 Å². The van der Waals surface area contributed by atoms with Crippen LogP contribution in [0, 0.1) is 13.8 Å². The molecule has 112 valence electrons. The molecule has 0 aliphatic carbocycles. The van der Waals surface area contributed by atoms with Crippen LogP contribution >= 0.6 is 0 Å². The number of nitrogens with zero attached hydrogens (tertiary/aromatic N) is 3. The SMILES string of the molecule is Cc1ccc(C(O)Cn2cnc3cnccc3c2=O)c(C)c1. The Morgan fingerprint density at radius 2 is 2.09 bits per heavy atom. The Hall–Kier alpha value is -2.53. The minimum absolute atomic E-state index is 0.170. The molecule has 1 aromatic carbocycles. The average molecular weight is 295 g/mol. The van der Waals surface area contributed by atoms with E-state index in [0.29, 0.717) is 10.9 Å². The summed E-state index contributed by atoms with van der Waals surface area (Å²) in [4.78, 5) is 20.6. The molecule has 0 aliphatic heterocycles. The lowest BCUT2D eigenvalue weighted by Gasteiger charge is -2.15. The first-order valence-corrected chi connectivity index (χ1v) is 7.10. The van der Waals surface area contributed by atoms with Crippen LogP contribution in [0.15, 0.2) is 47.8 Å². The van der Waals surface area contributed by atoms with Crippen molar-refractivity contribution in [2.24, 2.45) is 0 Å². The normalized spacial score (nSPS) is 12.5. The van der Waals surface area contributed by atoms with E-state index in [1.165, 1.54) is 10.9 Å². The lowest BCUT2D eigenvalue weighted by atomic mass is 10.0. The quantitative estimate of drug-likeness (QED) is 0.804. The van der Waals surface area contributed by atoms with Crippen molar-refractivity contribution >= 4 is 10.9 Å². The molecule has 0 saturated heterocycles. The maximum atomic E-state index is 12.4. The monoisotopic (exact) mass is 295 g/mol. The van der Waals surface area contributed by atoms with Gasteiger partial charge in [0.05, 0.1) is 36.1 Å². The van der Waals surface area contributed by atoms with Crippen molar-refractivity contribution in [1.29, 1.82) is 0 Å². The number of hydrogen-bond acceptors (Lipinski definition) is 4. The fourth-order valence-electron chi connectivity index (χ4n) is 2.62. The molecule has 0 spiro atoms. The van der Waals surface area contributed by atoms with Crippen LogP contribution in [0.25, 0.3) is 10.9 Å². The zero-order valence-corrected chi connectivity index (χ0v) is 12.5. The molecule has 0 amide bonds. The standard InChI is InChI=1S/C17H17N3O2/c1-11-3-4-13(12(2)7-11)16(21)9-20-10-19-15-8-18-6-5-14(15)17(20)22/h3-8,10,16,21H,9H2,1-2H3. The van der Waals surface area contributed by atoms with Gasteiger partial charge in [0.1, 0.15) is 0 Å². The van der Waals surface area contributed by atoms with Crippen LogP contribution < -0.4 is 5.56 Å².